The van der Waals surface area contributed by atoms with E-state index < -0.39 is 29.3 Å². The molecule has 0 fully saturated rings. The number of ether oxygens (including phenoxy) is 1. The molecule has 0 aliphatic carbocycles. The molecular weight excluding hydrogens is 244 g/mol. The lowest BCUT2D eigenvalue weighted by Crippen LogP contribution is -2.38. The molecule has 0 atom stereocenters. The highest BCUT2D eigenvalue weighted by molar-refractivity contribution is 5.94. The van der Waals surface area contributed by atoms with Crippen molar-refractivity contribution >= 4 is 17.8 Å². The van der Waals surface area contributed by atoms with E-state index in [1.54, 1.807) is 12.2 Å². The van der Waals surface area contributed by atoms with Crippen LogP contribution in [0.25, 0.3) is 0 Å². The molecule has 1 rings (SSSR count). The maximum atomic E-state index is 11.0. The van der Waals surface area contributed by atoms with Gasteiger partial charge in [0.05, 0.1) is 0 Å². The first-order valence-corrected chi connectivity index (χ1v) is 4.74. The number of rotatable bonds is 4. The van der Waals surface area contributed by atoms with Crippen molar-refractivity contribution in [3.63, 3.8) is 0 Å². The van der Waals surface area contributed by atoms with Crippen molar-refractivity contribution in [2.75, 3.05) is 6.61 Å². The van der Waals surface area contributed by atoms with Gasteiger partial charge in [0.2, 0.25) is 5.75 Å². The Balaban J connectivity index is 2.76. The summed E-state index contributed by atoms with van der Waals surface area (Å²) in [6.07, 6.45) is 0. The zero-order valence-electron chi connectivity index (χ0n) is 9.37. The molecule has 18 heavy (non-hydrogen) atoms. The Morgan fingerprint density at radius 2 is 2.22 bits per heavy atom. The number of aromatic nitrogens is 1. The van der Waals surface area contributed by atoms with E-state index in [2.05, 4.69) is 4.98 Å². The maximum absolute atomic E-state index is 11.0. The number of hydrogen-bond acceptors (Lipinski definition) is 6. The highest BCUT2D eigenvalue weighted by Crippen LogP contribution is 2.24. The second kappa shape index (κ2) is 5.57. The average molecular weight is 254 g/mol. The number of nitrogens with two attached hydrogens (primary N) is 1. The summed E-state index contributed by atoms with van der Waals surface area (Å²) in [4.78, 5) is 35.0. The topological polar surface area (TPSA) is 137 Å². The van der Waals surface area contributed by atoms with E-state index in [0.717, 1.165) is 0 Å². The molecule has 3 amide bonds. The van der Waals surface area contributed by atoms with Gasteiger partial charge in [-0.05, 0) is 22.0 Å². The number of carbonyl (C=O) groups is 2. The SMILES string of the molecule is Cc1ccc(OCC(=O)NC(N)=O)c([N+](=O)[O-])n1. The molecule has 9 heteroatoms. The van der Waals surface area contributed by atoms with Gasteiger partial charge in [-0.25, -0.2) is 4.79 Å². The summed E-state index contributed by atoms with van der Waals surface area (Å²) in [6.45, 7) is 1.01. The van der Waals surface area contributed by atoms with Gasteiger partial charge in [-0.3, -0.25) is 10.1 Å². The van der Waals surface area contributed by atoms with Gasteiger partial charge in [-0.2, -0.15) is 0 Å². The monoisotopic (exact) mass is 254 g/mol. The molecule has 0 unspecified atom stereocenters. The number of nitro groups is 1. The molecule has 0 saturated carbocycles. The van der Waals surface area contributed by atoms with Crippen molar-refractivity contribution in [3.05, 3.63) is 27.9 Å². The summed E-state index contributed by atoms with van der Waals surface area (Å²) in [7, 11) is 0. The zero-order valence-corrected chi connectivity index (χ0v) is 9.37. The van der Waals surface area contributed by atoms with E-state index >= 15 is 0 Å². The second-order valence-corrected chi connectivity index (χ2v) is 3.23. The van der Waals surface area contributed by atoms with Crippen LogP contribution >= 0.6 is 0 Å². The van der Waals surface area contributed by atoms with Gasteiger partial charge in [0.15, 0.2) is 6.61 Å². The minimum Gasteiger partial charge on any atom is -0.476 e. The Hall–Kier alpha value is -2.71. The molecule has 1 aromatic heterocycles. The lowest BCUT2D eigenvalue weighted by atomic mass is 10.3. The van der Waals surface area contributed by atoms with Crippen molar-refractivity contribution < 1.29 is 19.2 Å². The van der Waals surface area contributed by atoms with E-state index in [0.29, 0.717) is 5.69 Å². The van der Waals surface area contributed by atoms with E-state index in [1.165, 1.54) is 12.1 Å². The Labute approximate surface area is 101 Å². The zero-order chi connectivity index (χ0) is 13.7. The van der Waals surface area contributed by atoms with Crippen molar-refractivity contribution in [2.24, 2.45) is 5.73 Å². The van der Waals surface area contributed by atoms with Crippen LogP contribution in [-0.2, 0) is 4.79 Å². The molecule has 1 heterocycles. The smallest absolute Gasteiger partial charge is 0.406 e. The van der Waals surface area contributed by atoms with Gasteiger partial charge in [-0.15, -0.1) is 0 Å². The minimum absolute atomic E-state index is 0.162. The third-order valence-electron chi connectivity index (χ3n) is 1.77. The predicted octanol–water partition coefficient (Wildman–Crippen LogP) is -0.128. The van der Waals surface area contributed by atoms with Crippen LogP contribution in [0.4, 0.5) is 10.6 Å². The Bertz CT molecular complexity index is 502. The van der Waals surface area contributed by atoms with Gasteiger partial charge in [0.1, 0.15) is 5.69 Å². The molecule has 0 spiro atoms. The number of pyridine rings is 1. The van der Waals surface area contributed by atoms with Gasteiger partial charge < -0.3 is 20.6 Å². The third-order valence-corrected chi connectivity index (χ3v) is 1.77. The lowest BCUT2D eigenvalue weighted by Gasteiger charge is -2.05. The second-order valence-electron chi connectivity index (χ2n) is 3.23. The van der Waals surface area contributed by atoms with Crippen LogP contribution in [0, 0.1) is 17.0 Å². The summed E-state index contributed by atoms with van der Waals surface area (Å²) in [5.74, 6) is -1.47. The fourth-order valence-electron chi connectivity index (χ4n) is 1.09. The number of nitrogens with zero attached hydrogens (tertiary/aromatic N) is 2. The van der Waals surface area contributed by atoms with Crippen LogP contribution in [0.5, 0.6) is 5.75 Å². The Morgan fingerprint density at radius 3 is 2.78 bits per heavy atom. The summed E-state index contributed by atoms with van der Waals surface area (Å²) in [5, 5.41) is 12.4. The van der Waals surface area contributed by atoms with Crippen LogP contribution in [0.3, 0.4) is 0 Å². The fourth-order valence-corrected chi connectivity index (χ4v) is 1.09. The van der Waals surface area contributed by atoms with Crippen molar-refractivity contribution in [1.29, 1.82) is 0 Å². The first kappa shape index (κ1) is 13.4. The average Bonchev–Trinajstić information content (AvgIpc) is 2.26. The van der Waals surface area contributed by atoms with Gasteiger partial charge in [0, 0.05) is 6.92 Å². The van der Waals surface area contributed by atoms with E-state index in [9.17, 15) is 19.7 Å². The number of nitrogens with one attached hydrogen (secondary N) is 1. The normalized spacial score (nSPS) is 9.61. The number of amides is 3. The molecule has 0 bridgehead atoms. The highest BCUT2D eigenvalue weighted by Gasteiger charge is 2.18. The Morgan fingerprint density at radius 1 is 1.56 bits per heavy atom. The van der Waals surface area contributed by atoms with E-state index in [4.69, 9.17) is 10.5 Å². The van der Waals surface area contributed by atoms with Crippen LogP contribution < -0.4 is 15.8 Å². The molecule has 0 saturated heterocycles. The van der Waals surface area contributed by atoms with Gasteiger partial charge in [0.25, 0.3) is 5.91 Å². The number of imide groups is 1. The summed E-state index contributed by atoms with van der Waals surface area (Å²) in [6, 6.07) is 1.78. The van der Waals surface area contributed by atoms with E-state index in [-0.39, 0.29) is 5.75 Å². The van der Waals surface area contributed by atoms with Crippen LogP contribution in [-0.4, -0.2) is 28.5 Å². The number of urea groups is 1. The molecule has 9 nitrogen and oxygen atoms in total. The number of aryl methyl sites for hydroxylation is 1. The largest absolute Gasteiger partial charge is 0.476 e. The van der Waals surface area contributed by atoms with Crippen LogP contribution in [0.1, 0.15) is 5.69 Å². The third kappa shape index (κ3) is 3.70. The molecule has 0 aliphatic rings. The number of primary amides is 1. The molecule has 1 aromatic rings. The Kier molecular flexibility index (Phi) is 4.13. The summed E-state index contributed by atoms with van der Waals surface area (Å²) < 4.78 is 4.89. The first-order valence-electron chi connectivity index (χ1n) is 4.74. The molecule has 0 radical (unpaired) electrons. The number of carbonyl (C=O) groups excluding carboxylic acids is 2. The van der Waals surface area contributed by atoms with Gasteiger partial charge in [-0.1, -0.05) is 0 Å². The lowest BCUT2D eigenvalue weighted by molar-refractivity contribution is -0.390. The standard InChI is InChI=1S/C9H10N4O5/c1-5-2-3-6(8(11-5)13(16)17)18-4-7(14)12-9(10)15/h2-3H,4H2,1H3,(H3,10,12,14,15). The molecule has 0 aliphatic heterocycles. The maximum Gasteiger partial charge on any atom is 0.406 e. The van der Waals surface area contributed by atoms with Gasteiger partial charge >= 0.3 is 11.8 Å². The first-order chi connectivity index (χ1) is 8.40. The molecule has 96 valence electrons. The van der Waals surface area contributed by atoms with Crippen molar-refractivity contribution in [3.8, 4) is 5.75 Å². The quantitative estimate of drug-likeness (QED) is 0.567. The summed E-state index contributed by atoms with van der Waals surface area (Å²) >= 11 is 0. The minimum atomic E-state index is -1.03. The van der Waals surface area contributed by atoms with Crippen molar-refractivity contribution in [1.82, 2.24) is 10.3 Å². The predicted molar refractivity (Wildman–Crippen MR) is 58.8 cm³/mol. The summed E-state index contributed by atoms with van der Waals surface area (Å²) in [5.41, 5.74) is 5.15. The molecular formula is C9H10N4O5. The van der Waals surface area contributed by atoms with Crippen molar-refractivity contribution in [2.45, 2.75) is 6.92 Å². The highest BCUT2D eigenvalue weighted by atomic mass is 16.6. The number of hydrogen-bond donors (Lipinski definition) is 2. The van der Waals surface area contributed by atoms with Crippen LogP contribution in [0.2, 0.25) is 0 Å². The molecule has 0 aromatic carbocycles. The van der Waals surface area contributed by atoms with Crippen LogP contribution in [0.15, 0.2) is 12.1 Å². The fraction of sp³-hybridized carbons (Fsp3) is 0.222. The van der Waals surface area contributed by atoms with E-state index in [1.807, 2.05) is 0 Å². The molecule has 3 N–H and O–H groups in total.